The summed E-state index contributed by atoms with van der Waals surface area (Å²) < 4.78 is 32.0. The highest BCUT2D eigenvalue weighted by Gasteiger charge is 2.37. The molecule has 4 rings (SSSR count). The van der Waals surface area contributed by atoms with Gasteiger partial charge < -0.3 is 15.5 Å². The Bertz CT molecular complexity index is 1150. The summed E-state index contributed by atoms with van der Waals surface area (Å²) in [6.45, 7) is 0. The van der Waals surface area contributed by atoms with Gasteiger partial charge >= 0.3 is 0 Å². The van der Waals surface area contributed by atoms with Gasteiger partial charge in [0.15, 0.2) is 5.43 Å². The van der Waals surface area contributed by atoms with Crippen LogP contribution in [0.2, 0.25) is 5.02 Å². The first-order chi connectivity index (χ1) is 14.7. The third-order valence-electron chi connectivity index (χ3n) is 5.11. The topological polar surface area (TPSA) is 98.1 Å². The van der Waals surface area contributed by atoms with Crippen molar-refractivity contribution in [1.82, 2.24) is 9.97 Å². The number of H-pyrrole nitrogens is 1. The van der Waals surface area contributed by atoms with Crippen LogP contribution in [0.3, 0.4) is 0 Å². The number of methoxy groups -OCH3 is 1. The van der Waals surface area contributed by atoms with Gasteiger partial charge in [-0.1, -0.05) is 17.7 Å². The van der Waals surface area contributed by atoms with E-state index in [-0.39, 0.29) is 23.9 Å². The summed E-state index contributed by atoms with van der Waals surface area (Å²) in [6, 6.07) is 10.1. The Labute approximate surface area is 182 Å². The van der Waals surface area contributed by atoms with E-state index in [4.69, 9.17) is 22.1 Å². The molecule has 1 aliphatic rings. The van der Waals surface area contributed by atoms with Gasteiger partial charge in [0.05, 0.1) is 18.0 Å². The summed E-state index contributed by atoms with van der Waals surface area (Å²) in [5.74, 6) is -3.10. The van der Waals surface area contributed by atoms with Gasteiger partial charge in [-0.25, -0.2) is 8.78 Å². The van der Waals surface area contributed by atoms with Crippen molar-refractivity contribution in [3.8, 4) is 5.75 Å². The number of hydrogen-bond donors (Lipinski definition) is 2. The molecule has 31 heavy (non-hydrogen) atoms. The van der Waals surface area contributed by atoms with Crippen LogP contribution in [0, 0.1) is 0 Å². The van der Waals surface area contributed by atoms with Crippen molar-refractivity contribution >= 4 is 28.4 Å². The summed E-state index contributed by atoms with van der Waals surface area (Å²) in [4.78, 5) is 30.4. The minimum atomic E-state index is -2.70. The second-order valence-corrected chi connectivity index (χ2v) is 7.78. The highest BCUT2D eigenvalue weighted by atomic mass is 35.5. The van der Waals surface area contributed by atoms with Gasteiger partial charge in [0.25, 0.3) is 5.91 Å². The van der Waals surface area contributed by atoms with E-state index in [1.54, 1.807) is 13.2 Å². The number of rotatable bonds is 3. The molecule has 1 aromatic carbocycles. The number of ether oxygens (including phenoxy) is 1. The van der Waals surface area contributed by atoms with Crippen molar-refractivity contribution in [3.05, 3.63) is 69.2 Å². The number of amides is 1. The van der Waals surface area contributed by atoms with Crippen molar-refractivity contribution in [3.63, 3.8) is 0 Å². The van der Waals surface area contributed by atoms with Crippen LogP contribution in [-0.4, -0.2) is 28.9 Å². The molecule has 0 spiro atoms. The van der Waals surface area contributed by atoms with Crippen LogP contribution < -0.4 is 15.9 Å². The fourth-order valence-corrected chi connectivity index (χ4v) is 3.84. The number of halogens is 3. The van der Waals surface area contributed by atoms with Gasteiger partial charge in [-0.05, 0) is 37.1 Å². The number of primary amides is 1. The third kappa shape index (κ3) is 5.58. The zero-order chi connectivity index (χ0) is 22.6. The molecule has 1 amide bonds. The average Bonchev–Trinajstić information content (AvgIpc) is 2.73. The van der Waals surface area contributed by atoms with E-state index in [0.717, 1.165) is 5.75 Å². The number of alkyl halides is 2. The Balaban J connectivity index is 0.000000254. The number of nitrogens with zero attached hydrogens (tertiary/aromatic N) is 1. The number of carbonyl (C=O) groups excluding carboxylic acids is 1. The van der Waals surface area contributed by atoms with Crippen LogP contribution in [0.1, 0.15) is 47.8 Å². The average molecular weight is 450 g/mol. The second kappa shape index (κ2) is 9.43. The van der Waals surface area contributed by atoms with Crippen molar-refractivity contribution in [2.24, 2.45) is 5.73 Å². The first kappa shape index (κ1) is 22.7. The minimum absolute atomic E-state index is 0.0984. The Hall–Kier alpha value is -3.00. The smallest absolute Gasteiger partial charge is 0.268 e. The molecule has 0 saturated heterocycles. The van der Waals surface area contributed by atoms with Crippen molar-refractivity contribution in [1.29, 1.82) is 0 Å². The standard InChI is InChI=1S/C15H15F2N3O2.C7H7ClO/c16-15(17)4-1-2-8(7-15)10-6-11(21)12-9(20-10)3-5-19-13(12)14(18)22;1-9-7-4-2-3-6(8)5-7/h3,5-6,8H,1-2,4,7H2,(H2,18,22)(H,20,21);2-5H,1H3/t8-;/m0./s1. The van der Waals surface area contributed by atoms with E-state index in [1.807, 2.05) is 18.2 Å². The monoisotopic (exact) mass is 449 g/mol. The molecule has 1 saturated carbocycles. The molecular weight excluding hydrogens is 428 g/mol. The molecule has 2 aromatic heterocycles. The number of benzene rings is 1. The number of fused-ring (bicyclic) bond motifs is 1. The molecule has 3 N–H and O–H groups in total. The summed E-state index contributed by atoms with van der Waals surface area (Å²) in [6.07, 6.45) is 1.99. The maximum Gasteiger partial charge on any atom is 0.268 e. The van der Waals surface area contributed by atoms with Crippen molar-refractivity contribution in [2.75, 3.05) is 7.11 Å². The molecule has 2 heterocycles. The molecule has 6 nitrogen and oxygen atoms in total. The van der Waals surface area contributed by atoms with Gasteiger partial charge in [0.2, 0.25) is 5.92 Å². The van der Waals surface area contributed by atoms with E-state index < -0.39 is 23.2 Å². The lowest BCUT2D eigenvalue weighted by molar-refractivity contribution is -0.0412. The lowest BCUT2D eigenvalue weighted by Gasteiger charge is -2.29. The molecule has 9 heteroatoms. The van der Waals surface area contributed by atoms with Crippen molar-refractivity contribution < 1.29 is 18.3 Å². The predicted molar refractivity (Wildman–Crippen MR) is 115 cm³/mol. The van der Waals surface area contributed by atoms with Crippen LogP contribution in [0.4, 0.5) is 8.78 Å². The number of nitrogens with one attached hydrogen (secondary N) is 1. The summed E-state index contributed by atoms with van der Waals surface area (Å²) >= 11 is 5.64. The van der Waals surface area contributed by atoms with E-state index >= 15 is 0 Å². The highest BCUT2D eigenvalue weighted by molar-refractivity contribution is 6.30. The van der Waals surface area contributed by atoms with Crippen LogP contribution in [0.5, 0.6) is 5.75 Å². The molecule has 0 aliphatic heterocycles. The fraction of sp³-hybridized carbons (Fsp3) is 0.318. The number of hydrogen-bond acceptors (Lipinski definition) is 4. The van der Waals surface area contributed by atoms with Gasteiger partial charge in [0, 0.05) is 41.7 Å². The zero-order valence-electron chi connectivity index (χ0n) is 16.8. The summed E-state index contributed by atoms with van der Waals surface area (Å²) in [5.41, 5.74) is 5.53. The van der Waals surface area contributed by atoms with E-state index in [1.165, 1.54) is 18.3 Å². The highest BCUT2D eigenvalue weighted by Crippen LogP contribution is 2.41. The third-order valence-corrected chi connectivity index (χ3v) is 5.34. The lowest BCUT2D eigenvalue weighted by atomic mass is 9.84. The molecule has 1 aliphatic carbocycles. The lowest BCUT2D eigenvalue weighted by Crippen LogP contribution is -2.26. The molecule has 0 radical (unpaired) electrons. The van der Waals surface area contributed by atoms with Gasteiger partial charge in [-0.3, -0.25) is 14.6 Å². The van der Waals surface area contributed by atoms with Gasteiger partial charge in [-0.2, -0.15) is 0 Å². The quantitative estimate of drug-likeness (QED) is 0.607. The number of carbonyl (C=O) groups is 1. The molecule has 1 atom stereocenters. The summed E-state index contributed by atoms with van der Waals surface area (Å²) in [5, 5.41) is 0.802. The summed E-state index contributed by atoms with van der Waals surface area (Å²) in [7, 11) is 1.62. The van der Waals surface area contributed by atoms with E-state index in [9.17, 15) is 18.4 Å². The predicted octanol–water partition coefficient (Wildman–Crippen LogP) is 4.66. The molecular formula is C22H22ClF2N3O3. The molecule has 164 valence electrons. The Morgan fingerprint density at radius 2 is 2.10 bits per heavy atom. The largest absolute Gasteiger partial charge is 0.497 e. The number of aromatic nitrogens is 2. The maximum atomic E-state index is 13.6. The Morgan fingerprint density at radius 1 is 1.32 bits per heavy atom. The molecule has 3 aromatic rings. The number of pyridine rings is 2. The molecule has 0 unspecified atom stereocenters. The van der Waals surface area contributed by atoms with Gasteiger partial charge in [-0.15, -0.1) is 0 Å². The molecule has 1 fully saturated rings. The Kier molecular flexibility index (Phi) is 6.90. The number of nitrogens with two attached hydrogens (primary N) is 1. The SMILES string of the molecule is COc1cccc(Cl)c1.NC(=O)c1nccc2[nH]c([C@H]3CCCC(F)(F)C3)cc(=O)c12. The van der Waals surface area contributed by atoms with E-state index in [0.29, 0.717) is 29.1 Å². The first-order valence-electron chi connectivity index (χ1n) is 9.69. The fourth-order valence-electron chi connectivity index (χ4n) is 3.66. The minimum Gasteiger partial charge on any atom is -0.497 e. The first-order valence-corrected chi connectivity index (χ1v) is 10.1. The molecule has 0 bridgehead atoms. The van der Waals surface area contributed by atoms with Crippen molar-refractivity contribution in [2.45, 2.75) is 37.5 Å². The normalized spacial score (nSPS) is 17.5. The van der Waals surface area contributed by atoms with Crippen LogP contribution >= 0.6 is 11.6 Å². The van der Waals surface area contributed by atoms with Crippen LogP contribution in [-0.2, 0) is 0 Å². The van der Waals surface area contributed by atoms with E-state index in [2.05, 4.69) is 9.97 Å². The zero-order valence-corrected chi connectivity index (χ0v) is 17.6. The van der Waals surface area contributed by atoms with Crippen LogP contribution in [0.15, 0.2) is 47.4 Å². The second-order valence-electron chi connectivity index (χ2n) is 7.35. The van der Waals surface area contributed by atoms with Crippen LogP contribution in [0.25, 0.3) is 10.9 Å². The Morgan fingerprint density at radius 3 is 2.71 bits per heavy atom. The maximum absolute atomic E-state index is 13.6. The van der Waals surface area contributed by atoms with Gasteiger partial charge in [0.1, 0.15) is 11.4 Å². The number of aromatic amines is 1.